The number of hydrogen-bond acceptors (Lipinski definition) is 13. The summed E-state index contributed by atoms with van der Waals surface area (Å²) in [5, 5.41) is -0.516. The average molecular weight is 702 g/mol. The molecule has 8 atom stereocenters. The molecule has 5 N–H and O–H groups in total. The van der Waals surface area contributed by atoms with Crippen molar-refractivity contribution in [2.75, 3.05) is 24.7 Å². The first-order chi connectivity index (χ1) is 19.4. The van der Waals surface area contributed by atoms with Crippen molar-refractivity contribution in [2.45, 2.75) is 48.7 Å². The Labute approximate surface area is 247 Å². The summed E-state index contributed by atoms with van der Waals surface area (Å²) < 4.78 is 108. The number of hydrogen-bond donors (Lipinski definition) is 4. The molecule has 42 heavy (non-hydrogen) atoms. The SMILES string of the molecule is Nc1cc[n+]([C@@H]2O[C@@H]3COP(=O)(S)OC4[C@@H](COP(O)(=S)O[C@@H]3C2(F)F)O[C@@H](n2ccc(N)nc2=O)C4(F)F)c(Cl)n1. The van der Waals surface area contributed by atoms with Gasteiger partial charge in [-0.25, -0.2) is 9.36 Å². The number of fused-ring (bicyclic) bond motifs is 2. The summed E-state index contributed by atoms with van der Waals surface area (Å²) >= 11 is 14.5. The first-order valence-electron chi connectivity index (χ1n) is 11.5. The average Bonchev–Trinajstić information content (AvgIpc) is 3.25. The first-order valence-corrected chi connectivity index (χ1v) is 17.1. The minimum Gasteiger partial charge on any atom is -0.383 e. The van der Waals surface area contributed by atoms with E-state index in [2.05, 4.69) is 22.2 Å². The van der Waals surface area contributed by atoms with E-state index < -0.39 is 86.4 Å². The predicted octanol–water partition coefficient (Wildman–Crippen LogP) is 1.58. The van der Waals surface area contributed by atoms with E-state index in [-0.39, 0.29) is 11.6 Å². The molecule has 0 aromatic carbocycles. The number of nitrogens with zero attached hydrogens (tertiary/aromatic N) is 4. The number of halogens is 5. The molecular formula is C18H20ClF4N6O9P2S2+. The quantitative estimate of drug-likeness (QED) is 0.116. The van der Waals surface area contributed by atoms with Crippen LogP contribution in [0.1, 0.15) is 12.5 Å². The van der Waals surface area contributed by atoms with E-state index in [4.69, 9.17) is 62.4 Å². The van der Waals surface area contributed by atoms with Gasteiger partial charge in [-0.3, -0.25) is 18.1 Å². The van der Waals surface area contributed by atoms with Gasteiger partial charge in [-0.2, -0.15) is 27.1 Å². The number of thiol groups is 1. The Hall–Kier alpha value is -1.48. The second-order valence-corrected chi connectivity index (χ2v) is 15.1. The Kier molecular flexibility index (Phi) is 8.48. The molecule has 3 aliphatic heterocycles. The largest absolute Gasteiger partial charge is 0.400 e. The fraction of sp³-hybridized carbons (Fsp3) is 0.556. The summed E-state index contributed by atoms with van der Waals surface area (Å²) in [5.74, 6) is -8.54. The second kappa shape index (κ2) is 11.1. The molecule has 2 aromatic rings. The smallest absolute Gasteiger partial charge is 0.383 e. The van der Waals surface area contributed by atoms with Crippen LogP contribution in [0.15, 0.2) is 29.3 Å². The Morgan fingerprint density at radius 2 is 1.69 bits per heavy atom. The molecule has 0 aliphatic carbocycles. The van der Waals surface area contributed by atoms with Gasteiger partial charge in [-0.05, 0) is 22.9 Å². The summed E-state index contributed by atoms with van der Waals surface area (Å²) in [6, 6.07) is 2.18. The molecule has 15 nitrogen and oxygen atoms in total. The first kappa shape index (κ1) is 31.9. The molecule has 3 unspecified atom stereocenters. The van der Waals surface area contributed by atoms with Gasteiger partial charge in [0.1, 0.15) is 24.2 Å². The van der Waals surface area contributed by atoms with Gasteiger partial charge in [0.05, 0.1) is 13.2 Å². The molecular weight excluding hydrogens is 682 g/mol. The number of ether oxygens (including phenoxy) is 2. The highest BCUT2D eigenvalue weighted by Gasteiger charge is 2.66. The summed E-state index contributed by atoms with van der Waals surface area (Å²) in [4.78, 5) is 29.9. The zero-order chi connectivity index (χ0) is 30.8. The van der Waals surface area contributed by atoms with Crippen molar-refractivity contribution in [3.8, 4) is 0 Å². The molecule has 3 fully saturated rings. The number of rotatable bonds is 2. The van der Waals surface area contributed by atoms with E-state index in [0.717, 1.165) is 24.5 Å². The van der Waals surface area contributed by atoms with E-state index in [1.54, 1.807) is 0 Å². The van der Waals surface area contributed by atoms with Crippen molar-refractivity contribution >= 4 is 60.8 Å². The molecule has 2 aromatic heterocycles. The molecule has 3 saturated heterocycles. The predicted molar refractivity (Wildman–Crippen MR) is 139 cm³/mol. The summed E-state index contributed by atoms with van der Waals surface area (Å²) in [6.07, 6.45) is -11.4. The van der Waals surface area contributed by atoms with Crippen LogP contribution in [-0.2, 0) is 43.9 Å². The molecule has 0 spiro atoms. The minimum atomic E-state index is -4.82. The molecule has 0 amide bonds. The van der Waals surface area contributed by atoms with Crippen molar-refractivity contribution in [2.24, 2.45) is 0 Å². The van der Waals surface area contributed by atoms with Gasteiger partial charge < -0.3 is 30.4 Å². The minimum absolute atomic E-state index is 0.0969. The number of alkyl halides is 4. The van der Waals surface area contributed by atoms with Gasteiger partial charge >= 0.3 is 36.3 Å². The highest BCUT2D eigenvalue weighted by molar-refractivity contribution is 8.44. The van der Waals surface area contributed by atoms with Crippen LogP contribution in [0.2, 0.25) is 5.28 Å². The summed E-state index contributed by atoms with van der Waals surface area (Å²) in [6.45, 7) is -11.6. The zero-order valence-corrected chi connectivity index (χ0v) is 24.7. The number of anilines is 2. The second-order valence-electron chi connectivity index (χ2n) is 9.05. The van der Waals surface area contributed by atoms with Crippen LogP contribution in [0.25, 0.3) is 0 Å². The lowest BCUT2D eigenvalue weighted by Gasteiger charge is -2.30. The van der Waals surface area contributed by atoms with E-state index in [1.807, 2.05) is 0 Å². The van der Waals surface area contributed by atoms with Crippen molar-refractivity contribution in [1.29, 1.82) is 0 Å². The van der Waals surface area contributed by atoms with Crippen molar-refractivity contribution in [1.82, 2.24) is 14.5 Å². The van der Waals surface area contributed by atoms with Crippen LogP contribution < -0.4 is 21.7 Å². The van der Waals surface area contributed by atoms with Crippen molar-refractivity contribution < 1.29 is 59.2 Å². The van der Waals surface area contributed by atoms with Crippen LogP contribution in [-0.4, -0.2) is 68.9 Å². The maximum atomic E-state index is 15.7. The zero-order valence-electron chi connectivity index (χ0n) is 20.5. The molecule has 5 heterocycles. The number of aromatic nitrogens is 4. The molecule has 3 aliphatic rings. The Morgan fingerprint density at radius 3 is 2.36 bits per heavy atom. The topological polar surface area (TPSA) is 196 Å². The van der Waals surface area contributed by atoms with E-state index >= 15 is 17.6 Å². The third kappa shape index (κ3) is 6.07. The number of nitrogens with two attached hydrogens (primary N) is 2. The van der Waals surface area contributed by atoms with Crippen LogP contribution in [0, 0.1) is 0 Å². The highest BCUT2D eigenvalue weighted by Crippen LogP contribution is 2.61. The fourth-order valence-corrected chi connectivity index (χ4v) is 7.47. The monoisotopic (exact) mass is 701 g/mol. The summed E-state index contributed by atoms with van der Waals surface area (Å²) in [5.41, 5.74) is 9.69. The maximum absolute atomic E-state index is 15.7. The molecule has 0 bridgehead atoms. The van der Waals surface area contributed by atoms with Crippen LogP contribution in [0.3, 0.4) is 0 Å². The van der Waals surface area contributed by atoms with Crippen molar-refractivity contribution in [3.05, 3.63) is 40.3 Å². The highest BCUT2D eigenvalue weighted by atomic mass is 35.5. The molecule has 0 saturated carbocycles. The lowest BCUT2D eigenvalue weighted by atomic mass is 10.1. The van der Waals surface area contributed by atoms with Gasteiger partial charge in [0.15, 0.2) is 12.2 Å². The standard InChI is InChI=1S/C18H19ClF4N6O9P2S2/c19-15-26-9(24)1-3-28(15)13-17(20,21)11-7(35-13)5-33-40(32,42)38-12-8(6-34-39(31,41)37-11)36-14(18(12,22)23)29-4-2-10(25)27-16(29)30/h1-4,7-8,11-14,24H,5-6H2,(H4,25,27,30,31,32,41,42)/p+1/t7-,8-,11+,12?,13-,14-,39?,40?/m1/s1. The lowest BCUT2D eigenvalue weighted by Crippen LogP contribution is -2.51. The Morgan fingerprint density at radius 1 is 1.07 bits per heavy atom. The lowest BCUT2D eigenvalue weighted by molar-refractivity contribution is -0.775. The van der Waals surface area contributed by atoms with Crippen molar-refractivity contribution in [3.63, 3.8) is 0 Å². The molecule has 0 radical (unpaired) electrons. The van der Waals surface area contributed by atoms with Gasteiger partial charge in [-0.1, -0.05) is 12.2 Å². The van der Waals surface area contributed by atoms with Crippen LogP contribution in [0.5, 0.6) is 0 Å². The van der Waals surface area contributed by atoms with Gasteiger partial charge in [-0.15, -0.1) is 0 Å². The van der Waals surface area contributed by atoms with E-state index in [9.17, 15) is 14.3 Å². The molecule has 24 heteroatoms. The Balaban J connectivity index is 1.47. The van der Waals surface area contributed by atoms with Gasteiger partial charge in [0, 0.05) is 23.9 Å². The van der Waals surface area contributed by atoms with Gasteiger partial charge in [0.25, 0.3) is 6.23 Å². The Bertz CT molecular complexity index is 1550. The third-order valence-corrected chi connectivity index (χ3v) is 9.62. The van der Waals surface area contributed by atoms with E-state index in [0.29, 0.717) is 9.13 Å². The van der Waals surface area contributed by atoms with Crippen LogP contribution >= 0.6 is 37.4 Å². The maximum Gasteiger partial charge on any atom is 0.400 e. The third-order valence-electron chi connectivity index (χ3n) is 6.19. The summed E-state index contributed by atoms with van der Waals surface area (Å²) in [7, 11) is 0. The normalized spacial score (nSPS) is 38.2. The van der Waals surface area contributed by atoms with Gasteiger partial charge in [0.2, 0.25) is 12.0 Å². The van der Waals surface area contributed by atoms with Crippen LogP contribution in [0.4, 0.5) is 29.2 Å². The number of nitrogen functional groups attached to an aromatic ring is 2. The van der Waals surface area contributed by atoms with E-state index in [1.165, 1.54) is 0 Å². The molecule has 232 valence electrons. The molecule has 5 rings (SSSR count). The fourth-order valence-electron chi connectivity index (χ4n) is 4.35.